The molecule has 0 bridgehead atoms. The third kappa shape index (κ3) is 3.60. The number of carbonyl (C=O) groups is 2. The number of ketones is 2. The zero-order valence-electron chi connectivity index (χ0n) is 15.4. The van der Waals surface area contributed by atoms with E-state index in [-0.39, 0.29) is 26.2 Å². The van der Waals surface area contributed by atoms with Crippen LogP contribution in [0.15, 0.2) is 87.6 Å². The standard InChI is InChI=1S/C22H15ClN2O4S/c23-20-12-21(26)18-10-5-15(11-19(18)22(20)27)25-14-3-8-17(9-4-14)30(28,29)16-6-1-13(24)2-7-16/h1-12,25H,24H2. The minimum absolute atomic E-state index is 0.123. The summed E-state index contributed by atoms with van der Waals surface area (Å²) in [5, 5.41) is 2.97. The van der Waals surface area contributed by atoms with Crippen molar-refractivity contribution in [1.29, 1.82) is 0 Å². The molecule has 4 rings (SSSR count). The van der Waals surface area contributed by atoms with Crippen LogP contribution >= 0.6 is 11.6 Å². The molecule has 0 unspecified atom stereocenters. The average molecular weight is 439 g/mol. The number of allylic oxidation sites excluding steroid dienone is 2. The molecule has 3 N–H and O–H groups in total. The monoisotopic (exact) mass is 438 g/mol. The number of carbonyl (C=O) groups excluding carboxylic acids is 2. The molecule has 3 aromatic carbocycles. The van der Waals surface area contributed by atoms with Gasteiger partial charge >= 0.3 is 0 Å². The van der Waals surface area contributed by atoms with E-state index in [1.807, 2.05) is 0 Å². The normalized spacial score (nSPS) is 13.6. The van der Waals surface area contributed by atoms with E-state index in [1.54, 1.807) is 30.3 Å². The molecule has 3 aromatic rings. The predicted molar refractivity (Wildman–Crippen MR) is 115 cm³/mol. The zero-order valence-corrected chi connectivity index (χ0v) is 17.0. The molecule has 6 nitrogen and oxygen atoms in total. The molecule has 30 heavy (non-hydrogen) atoms. The van der Waals surface area contributed by atoms with Gasteiger partial charge in [-0.2, -0.15) is 0 Å². The van der Waals surface area contributed by atoms with Gasteiger partial charge in [0.15, 0.2) is 5.78 Å². The highest BCUT2D eigenvalue weighted by molar-refractivity contribution is 7.91. The third-order valence-electron chi connectivity index (χ3n) is 4.65. The Bertz CT molecular complexity index is 1310. The number of Topliss-reactive ketones (excluding diaryl/α,β-unsaturated/α-hetero) is 1. The first-order valence-corrected chi connectivity index (χ1v) is 10.7. The average Bonchev–Trinajstić information content (AvgIpc) is 2.73. The molecule has 0 radical (unpaired) electrons. The van der Waals surface area contributed by atoms with Crippen molar-refractivity contribution in [3.8, 4) is 0 Å². The van der Waals surface area contributed by atoms with Crippen molar-refractivity contribution in [1.82, 2.24) is 0 Å². The highest BCUT2D eigenvalue weighted by Gasteiger charge is 2.24. The van der Waals surface area contributed by atoms with Crippen LogP contribution in [0.1, 0.15) is 20.7 Å². The van der Waals surface area contributed by atoms with Gasteiger partial charge < -0.3 is 11.1 Å². The summed E-state index contributed by atoms with van der Waals surface area (Å²) in [5.74, 6) is -0.738. The van der Waals surface area contributed by atoms with Crippen molar-refractivity contribution in [2.75, 3.05) is 11.1 Å². The minimum atomic E-state index is -3.66. The lowest BCUT2D eigenvalue weighted by atomic mass is 9.94. The largest absolute Gasteiger partial charge is 0.399 e. The van der Waals surface area contributed by atoms with Gasteiger partial charge in [-0.15, -0.1) is 0 Å². The van der Waals surface area contributed by atoms with Gasteiger partial charge in [0, 0.05) is 34.3 Å². The maximum absolute atomic E-state index is 12.7. The lowest BCUT2D eigenvalue weighted by molar-refractivity contribution is 0.0990. The Morgan fingerprint density at radius 1 is 0.767 bits per heavy atom. The Kier molecular flexibility index (Phi) is 4.93. The number of nitrogens with one attached hydrogen (secondary N) is 1. The van der Waals surface area contributed by atoms with Crippen LogP contribution in [0.3, 0.4) is 0 Å². The number of nitrogen functional groups attached to an aromatic ring is 1. The number of nitrogens with two attached hydrogens (primary N) is 1. The van der Waals surface area contributed by atoms with E-state index < -0.39 is 15.6 Å². The summed E-state index contributed by atoms with van der Waals surface area (Å²) in [4.78, 5) is 24.5. The van der Waals surface area contributed by atoms with Crippen molar-refractivity contribution in [3.63, 3.8) is 0 Å². The molecule has 150 valence electrons. The number of rotatable bonds is 4. The smallest absolute Gasteiger partial charge is 0.206 e. The van der Waals surface area contributed by atoms with Crippen molar-refractivity contribution in [2.24, 2.45) is 0 Å². The Hall–Kier alpha value is -3.42. The molecular formula is C22H15ClN2O4S. The van der Waals surface area contributed by atoms with E-state index in [1.165, 1.54) is 36.4 Å². The van der Waals surface area contributed by atoms with Crippen LogP contribution in [0.5, 0.6) is 0 Å². The van der Waals surface area contributed by atoms with Crippen molar-refractivity contribution in [2.45, 2.75) is 9.79 Å². The molecule has 0 fully saturated rings. The van der Waals surface area contributed by atoms with Crippen LogP contribution in [-0.4, -0.2) is 20.0 Å². The first-order valence-electron chi connectivity index (χ1n) is 8.84. The van der Waals surface area contributed by atoms with E-state index >= 15 is 0 Å². The molecule has 1 aliphatic rings. The van der Waals surface area contributed by atoms with E-state index in [9.17, 15) is 18.0 Å². The number of halogens is 1. The van der Waals surface area contributed by atoms with E-state index in [2.05, 4.69) is 5.32 Å². The lowest BCUT2D eigenvalue weighted by Crippen LogP contribution is -2.14. The van der Waals surface area contributed by atoms with E-state index in [4.69, 9.17) is 17.3 Å². The van der Waals surface area contributed by atoms with Crippen molar-refractivity contribution < 1.29 is 18.0 Å². The van der Waals surface area contributed by atoms with Crippen LogP contribution in [0.4, 0.5) is 17.1 Å². The Balaban J connectivity index is 1.58. The highest BCUT2D eigenvalue weighted by atomic mass is 35.5. The molecule has 8 heteroatoms. The summed E-state index contributed by atoms with van der Waals surface area (Å²) in [6.45, 7) is 0. The molecule has 0 aliphatic heterocycles. The molecular weight excluding hydrogens is 424 g/mol. The topological polar surface area (TPSA) is 106 Å². The van der Waals surface area contributed by atoms with Crippen molar-refractivity contribution >= 4 is 50.1 Å². The lowest BCUT2D eigenvalue weighted by Gasteiger charge is -2.14. The van der Waals surface area contributed by atoms with Crippen LogP contribution in [0, 0.1) is 0 Å². The third-order valence-corrected chi connectivity index (χ3v) is 6.71. The molecule has 0 aromatic heterocycles. The van der Waals surface area contributed by atoms with E-state index in [0.717, 1.165) is 6.08 Å². The maximum atomic E-state index is 12.7. The summed E-state index contributed by atoms with van der Waals surface area (Å²) in [7, 11) is -3.66. The first-order chi connectivity index (χ1) is 14.3. The first kappa shape index (κ1) is 19.9. The van der Waals surface area contributed by atoms with E-state index in [0.29, 0.717) is 22.6 Å². The molecule has 0 amide bonds. The number of benzene rings is 3. The summed E-state index contributed by atoms with van der Waals surface area (Å²) < 4.78 is 25.4. The van der Waals surface area contributed by atoms with Gasteiger partial charge in [-0.1, -0.05) is 11.6 Å². The zero-order chi connectivity index (χ0) is 21.5. The van der Waals surface area contributed by atoms with Gasteiger partial charge in [0.05, 0.1) is 14.8 Å². The number of anilines is 3. The molecule has 0 spiro atoms. The molecule has 0 atom stereocenters. The fraction of sp³-hybridized carbons (Fsp3) is 0. The van der Waals surface area contributed by atoms with Crippen LogP contribution in [0.2, 0.25) is 0 Å². The van der Waals surface area contributed by atoms with Crippen LogP contribution < -0.4 is 11.1 Å². The van der Waals surface area contributed by atoms with Gasteiger partial charge in [0.25, 0.3) is 0 Å². The summed E-state index contributed by atoms with van der Waals surface area (Å²) >= 11 is 5.83. The summed E-state index contributed by atoms with van der Waals surface area (Å²) in [6, 6.07) is 17.0. The SMILES string of the molecule is Nc1ccc(S(=O)(=O)c2ccc(Nc3ccc4c(c3)C(=O)C(Cl)=CC4=O)cc2)cc1. The van der Waals surface area contributed by atoms with Crippen LogP contribution in [-0.2, 0) is 9.84 Å². The van der Waals surface area contributed by atoms with Crippen molar-refractivity contribution in [3.05, 3.63) is 89.0 Å². The number of hydrogen-bond acceptors (Lipinski definition) is 6. The van der Waals surface area contributed by atoms with Gasteiger partial charge in [-0.25, -0.2) is 8.42 Å². The molecule has 0 heterocycles. The fourth-order valence-corrected chi connectivity index (χ4v) is 4.54. The Morgan fingerprint density at radius 2 is 1.33 bits per heavy atom. The molecule has 1 aliphatic carbocycles. The van der Waals surface area contributed by atoms with Crippen LogP contribution in [0.25, 0.3) is 0 Å². The van der Waals surface area contributed by atoms with Gasteiger partial charge in [-0.3, -0.25) is 9.59 Å². The number of sulfone groups is 1. The highest BCUT2D eigenvalue weighted by Crippen LogP contribution is 2.28. The maximum Gasteiger partial charge on any atom is 0.206 e. The minimum Gasteiger partial charge on any atom is -0.399 e. The predicted octanol–water partition coefficient (Wildman–Crippen LogP) is 4.35. The second kappa shape index (κ2) is 7.44. The van der Waals surface area contributed by atoms with Gasteiger partial charge in [-0.05, 0) is 66.7 Å². The second-order valence-corrected chi connectivity index (χ2v) is 9.02. The number of fused-ring (bicyclic) bond motifs is 1. The van der Waals surface area contributed by atoms with Gasteiger partial charge in [0.1, 0.15) is 0 Å². The molecule has 0 saturated carbocycles. The molecule has 0 saturated heterocycles. The number of hydrogen-bond donors (Lipinski definition) is 2. The fourth-order valence-electron chi connectivity index (χ4n) is 3.08. The summed E-state index contributed by atoms with van der Waals surface area (Å²) in [5.41, 5.74) is 7.79. The quantitative estimate of drug-likeness (QED) is 0.586. The van der Waals surface area contributed by atoms with Gasteiger partial charge in [0.2, 0.25) is 15.6 Å². The second-order valence-electron chi connectivity index (χ2n) is 6.67. The Morgan fingerprint density at radius 3 is 1.97 bits per heavy atom. The Labute approximate surface area is 177 Å². The summed E-state index contributed by atoms with van der Waals surface area (Å²) in [6.07, 6.45) is 1.11.